The lowest BCUT2D eigenvalue weighted by molar-refractivity contribution is -0.116. The molecule has 152 valence electrons. The molecule has 0 atom stereocenters. The third-order valence-corrected chi connectivity index (χ3v) is 5.11. The third kappa shape index (κ3) is 4.27. The number of amides is 1. The zero-order valence-corrected chi connectivity index (χ0v) is 17.4. The molecule has 0 bridgehead atoms. The maximum atomic E-state index is 13.4. The molecular weight excluding hydrogens is 482 g/mol. The average Bonchev–Trinajstić information content (AvgIpc) is 3.36. The molecule has 10 heteroatoms. The van der Waals surface area contributed by atoms with Gasteiger partial charge in [0.1, 0.15) is 23.9 Å². The van der Waals surface area contributed by atoms with E-state index in [0.29, 0.717) is 11.3 Å². The van der Waals surface area contributed by atoms with Gasteiger partial charge in [0.2, 0.25) is 11.7 Å². The number of hydrogen-bond donors (Lipinski definition) is 1. The van der Waals surface area contributed by atoms with E-state index in [2.05, 4.69) is 31.4 Å². The second-order valence-electron chi connectivity index (χ2n) is 6.25. The Labute approximate surface area is 182 Å². The lowest BCUT2D eigenvalue weighted by Gasteiger charge is -2.09. The molecular formula is C20H12BrClF2N4O2. The Morgan fingerprint density at radius 2 is 2.03 bits per heavy atom. The number of halogens is 4. The Bertz CT molecular complexity index is 1240. The number of carbonyl (C=O) groups is 1. The van der Waals surface area contributed by atoms with Gasteiger partial charge in [-0.15, -0.1) is 0 Å². The monoisotopic (exact) mass is 492 g/mol. The van der Waals surface area contributed by atoms with E-state index in [1.165, 1.54) is 24.3 Å². The number of nitrogens with one attached hydrogen (secondary N) is 1. The summed E-state index contributed by atoms with van der Waals surface area (Å²) in [5.74, 6) is -0.869. The number of rotatable bonds is 5. The highest BCUT2D eigenvalue weighted by atomic mass is 79.9. The molecule has 0 spiro atoms. The van der Waals surface area contributed by atoms with Gasteiger partial charge in [-0.1, -0.05) is 16.8 Å². The molecule has 2 aromatic heterocycles. The average molecular weight is 494 g/mol. The number of hydrogen-bond acceptors (Lipinski definition) is 4. The van der Waals surface area contributed by atoms with Crippen molar-refractivity contribution in [2.45, 2.75) is 6.54 Å². The maximum absolute atomic E-state index is 13.4. The van der Waals surface area contributed by atoms with Crippen LogP contribution in [0.2, 0.25) is 5.02 Å². The van der Waals surface area contributed by atoms with Gasteiger partial charge < -0.3 is 14.4 Å². The zero-order chi connectivity index (χ0) is 21.3. The van der Waals surface area contributed by atoms with Crippen molar-refractivity contribution in [2.24, 2.45) is 0 Å². The smallest absolute Gasteiger partial charge is 0.274 e. The molecule has 4 rings (SSSR count). The first-order valence-electron chi connectivity index (χ1n) is 8.60. The van der Waals surface area contributed by atoms with Crippen molar-refractivity contribution in [3.63, 3.8) is 0 Å². The minimum atomic E-state index is -0.512. The molecule has 0 aliphatic rings. The summed E-state index contributed by atoms with van der Waals surface area (Å²) in [7, 11) is 0. The molecule has 1 N–H and O–H groups in total. The summed E-state index contributed by atoms with van der Waals surface area (Å²) in [5, 5.41) is 6.72. The molecule has 30 heavy (non-hydrogen) atoms. The predicted octanol–water partition coefficient (Wildman–Crippen LogP) is 5.54. The number of anilines is 1. The van der Waals surface area contributed by atoms with Crippen molar-refractivity contribution >= 4 is 39.1 Å². The summed E-state index contributed by atoms with van der Waals surface area (Å²) in [4.78, 5) is 16.7. The first-order valence-corrected chi connectivity index (χ1v) is 9.77. The molecule has 6 nitrogen and oxygen atoms in total. The van der Waals surface area contributed by atoms with Crippen LogP contribution in [0.3, 0.4) is 0 Å². The van der Waals surface area contributed by atoms with Gasteiger partial charge in [0.05, 0.1) is 15.2 Å². The van der Waals surface area contributed by atoms with Gasteiger partial charge in [0.25, 0.3) is 5.89 Å². The van der Waals surface area contributed by atoms with Crippen molar-refractivity contribution in [1.82, 2.24) is 14.7 Å². The van der Waals surface area contributed by atoms with Crippen LogP contribution < -0.4 is 5.32 Å². The molecule has 0 fully saturated rings. The summed E-state index contributed by atoms with van der Waals surface area (Å²) in [6, 6.07) is 11.5. The van der Waals surface area contributed by atoms with Crippen LogP contribution in [0.4, 0.5) is 14.5 Å². The quantitative estimate of drug-likeness (QED) is 0.396. The van der Waals surface area contributed by atoms with E-state index < -0.39 is 17.5 Å². The van der Waals surface area contributed by atoms with E-state index in [1.807, 2.05) is 0 Å². The maximum Gasteiger partial charge on any atom is 0.274 e. The Kier molecular flexibility index (Phi) is 5.65. The summed E-state index contributed by atoms with van der Waals surface area (Å²) < 4.78 is 34.0. The topological polar surface area (TPSA) is 73.0 Å². The highest BCUT2D eigenvalue weighted by Gasteiger charge is 2.17. The lowest BCUT2D eigenvalue weighted by Crippen LogP contribution is -2.19. The van der Waals surface area contributed by atoms with Crippen LogP contribution >= 0.6 is 27.5 Å². The fraction of sp³-hybridized carbons (Fsp3) is 0.0500. The zero-order valence-electron chi connectivity index (χ0n) is 15.1. The third-order valence-electron chi connectivity index (χ3n) is 4.17. The molecule has 2 aromatic carbocycles. The van der Waals surface area contributed by atoms with Crippen LogP contribution in [0, 0.1) is 11.6 Å². The summed E-state index contributed by atoms with van der Waals surface area (Å²) in [6.07, 6.45) is 1.67. The van der Waals surface area contributed by atoms with Crippen molar-refractivity contribution in [1.29, 1.82) is 0 Å². The molecule has 0 radical (unpaired) electrons. The van der Waals surface area contributed by atoms with Crippen LogP contribution in [0.1, 0.15) is 0 Å². The van der Waals surface area contributed by atoms with Crippen molar-refractivity contribution in [3.05, 3.63) is 75.9 Å². The number of benzene rings is 2. The van der Waals surface area contributed by atoms with E-state index in [-0.39, 0.29) is 33.4 Å². The van der Waals surface area contributed by atoms with Crippen LogP contribution in [-0.4, -0.2) is 20.6 Å². The number of nitrogens with zero attached hydrogens (tertiary/aromatic N) is 3. The van der Waals surface area contributed by atoms with Crippen LogP contribution in [0.15, 0.2) is 63.7 Å². The van der Waals surface area contributed by atoms with Gasteiger partial charge in [-0.2, -0.15) is 4.98 Å². The molecule has 4 aromatic rings. The second-order valence-corrected chi connectivity index (χ2v) is 7.51. The van der Waals surface area contributed by atoms with Crippen LogP contribution in [0.25, 0.3) is 23.0 Å². The molecule has 0 unspecified atom stereocenters. The minimum absolute atomic E-state index is 0.0883. The van der Waals surface area contributed by atoms with Gasteiger partial charge in [-0.25, -0.2) is 8.78 Å². The van der Waals surface area contributed by atoms with E-state index in [9.17, 15) is 13.6 Å². The molecule has 0 aliphatic carbocycles. The van der Waals surface area contributed by atoms with Crippen molar-refractivity contribution in [2.75, 3.05) is 5.32 Å². The highest BCUT2D eigenvalue weighted by molar-refractivity contribution is 9.10. The van der Waals surface area contributed by atoms with E-state index in [4.69, 9.17) is 16.1 Å². The highest BCUT2D eigenvalue weighted by Crippen LogP contribution is 2.27. The van der Waals surface area contributed by atoms with Gasteiger partial charge in [-0.05, 0) is 64.5 Å². The van der Waals surface area contributed by atoms with Gasteiger partial charge in [0, 0.05) is 11.8 Å². The second kappa shape index (κ2) is 8.37. The fourth-order valence-electron chi connectivity index (χ4n) is 2.76. The Hall–Kier alpha value is -3.04. The van der Waals surface area contributed by atoms with E-state index >= 15 is 0 Å². The van der Waals surface area contributed by atoms with Crippen LogP contribution in [0.5, 0.6) is 0 Å². The Balaban J connectivity index is 1.53. The van der Waals surface area contributed by atoms with Gasteiger partial charge >= 0.3 is 0 Å². The van der Waals surface area contributed by atoms with Gasteiger partial charge in [0.15, 0.2) is 0 Å². The minimum Gasteiger partial charge on any atom is -0.334 e. The molecule has 0 aliphatic heterocycles. The summed E-state index contributed by atoms with van der Waals surface area (Å²) in [6.45, 7) is -0.0883. The Morgan fingerprint density at radius 3 is 2.83 bits per heavy atom. The number of carbonyl (C=O) groups excluding carboxylic acids is 1. The van der Waals surface area contributed by atoms with Gasteiger partial charge in [-0.3, -0.25) is 4.79 Å². The van der Waals surface area contributed by atoms with Crippen molar-refractivity contribution in [3.8, 4) is 23.0 Å². The lowest BCUT2D eigenvalue weighted by atomic mass is 10.2. The Morgan fingerprint density at radius 1 is 1.20 bits per heavy atom. The van der Waals surface area contributed by atoms with Crippen molar-refractivity contribution < 1.29 is 18.1 Å². The predicted molar refractivity (Wildman–Crippen MR) is 111 cm³/mol. The molecule has 1 amide bonds. The number of aromatic nitrogens is 3. The van der Waals surface area contributed by atoms with E-state index in [1.54, 1.807) is 29.0 Å². The standard InChI is InChI=1S/C20H12BrClF2N4O2/c21-13-8-11(3-6-15(13)24)19-26-20(30-27-19)17-2-1-7-28(17)10-18(29)25-16-9-12(23)4-5-14(16)22/h1-9H,10H2,(H,25,29). The normalized spacial score (nSPS) is 10.9. The van der Waals surface area contributed by atoms with Crippen LogP contribution in [-0.2, 0) is 11.3 Å². The first kappa shape index (κ1) is 20.2. The largest absolute Gasteiger partial charge is 0.334 e. The fourth-order valence-corrected chi connectivity index (χ4v) is 3.31. The summed E-state index contributed by atoms with van der Waals surface area (Å²) >= 11 is 9.10. The summed E-state index contributed by atoms with van der Waals surface area (Å²) in [5.41, 5.74) is 1.25. The molecule has 0 saturated carbocycles. The SMILES string of the molecule is O=C(Cn1cccc1-c1nc(-c2ccc(F)c(Br)c2)no1)Nc1cc(F)ccc1Cl. The first-order chi connectivity index (χ1) is 14.4. The molecule has 0 saturated heterocycles. The van der Waals surface area contributed by atoms with E-state index in [0.717, 1.165) is 6.07 Å². The molecule has 2 heterocycles.